The molecule has 8 atom stereocenters. The molecule has 31 heavy (non-hydrogen) atoms. The molecule has 0 unspecified atom stereocenters. The fraction of sp³-hybridized carbons (Fsp3) is 0.677. The highest BCUT2D eigenvalue weighted by Gasteiger charge is 2.58. The van der Waals surface area contributed by atoms with Crippen LogP contribution in [0.25, 0.3) is 6.08 Å². The maximum absolute atomic E-state index is 2.73. The third kappa shape index (κ3) is 3.48. The predicted octanol–water partition coefficient (Wildman–Crippen LogP) is 8.86. The standard InChI is InChI=1S/C31H44/c1-21-16-18-30(4)25(20-21)12-13-26-28-15-14-27(31(28,5)19-17-29(26)30)23(3)10-11-24-9-7-6-8-22(24)2/h6-12,21,23,26-29H,13-20H2,1-5H3/b11-10+/t21-,23+,26-,27+,28-,29-,30-,31+/m0/s1. The van der Waals surface area contributed by atoms with Gasteiger partial charge in [-0.15, -0.1) is 0 Å². The van der Waals surface area contributed by atoms with Crippen molar-refractivity contribution in [1.29, 1.82) is 0 Å². The van der Waals surface area contributed by atoms with Gasteiger partial charge in [0.15, 0.2) is 0 Å². The molecule has 0 bridgehead atoms. The molecule has 168 valence electrons. The molecular formula is C31H44. The predicted molar refractivity (Wildman–Crippen MR) is 134 cm³/mol. The van der Waals surface area contributed by atoms with Gasteiger partial charge in [0.05, 0.1) is 0 Å². The summed E-state index contributed by atoms with van der Waals surface area (Å²) in [4.78, 5) is 0. The van der Waals surface area contributed by atoms with Gasteiger partial charge in [0.2, 0.25) is 0 Å². The van der Waals surface area contributed by atoms with Crippen LogP contribution in [-0.2, 0) is 0 Å². The first-order valence-corrected chi connectivity index (χ1v) is 13.3. The lowest BCUT2D eigenvalue weighted by Crippen LogP contribution is -2.50. The molecule has 1 aromatic carbocycles. The SMILES string of the molecule is Cc1ccccc1/C=C/[C@@H](C)[C@H]1CC[C@H]2[C@@H]3CC=C4C[C@@H](C)CC[C@]4(C)[C@H]3CC[C@]12C. The van der Waals surface area contributed by atoms with Crippen molar-refractivity contribution in [3.63, 3.8) is 0 Å². The maximum Gasteiger partial charge on any atom is -0.00851 e. The van der Waals surface area contributed by atoms with Crippen molar-refractivity contribution >= 4 is 6.08 Å². The Bertz CT molecular complexity index is 874. The molecule has 0 aliphatic heterocycles. The van der Waals surface area contributed by atoms with Crippen molar-refractivity contribution in [2.24, 2.45) is 46.3 Å². The van der Waals surface area contributed by atoms with Gasteiger partial charge in [-0.25, -0.2) is 0 Å². The highest BCUT2D eigenvalue weighted by atomic mass is 14.6. The van der Waals surface area contributed by atoms with Crippen LogP contribution in [0.2, 0.25) is 0 Å². The molecule has 0 nitrogen and oxygen atoms in total. The summed E-state index contributed by atoms with van der Waals surface area (Å²) in [5, 5.41) is 0. The number of hydrogen-bond acceptors (Lipinski definition) is 0. The Labute approximate surface area is 191 Å². The quantitative estimate of drug-likeness (QED) is 0.432. The van der Waals surface area contributed by atoms with Crippen LogP contribution in [0.5, 0.6) is 0 Å². The van der Waals surface area contributed by atoms with Gasteiger partial charge in [-0.2, -0.15) is 0 Å². The zero-order chi connectivity index (χ0) is 21.8. The van der Waals surface area contributed by atoms with Crippen molar-refractivity contribution in [1.82, 2.24) is 0 Å². The van der Waals surface area contributed by atoms with Crippen LogP contribution in [0.1, 0.15) is 90.2 Å². The summed E-state index contributed by atoms with van der Waals surface area (Å²) in [5.41, 5.74) is 5.69. The molecule has 5 rings (SSSR count). The fourth-order valence-electron chi connectivity index (χ4n) is 8.91. The molecule has 3 saturated carbocycles. The summed E-state index contributed by atoms with van der Waals surface area (Å²) in [6.07, 6.45) is 19.2. The number of aryl methyl sites for hydroxylation is 1. The second-order valence-electron chi connectivity index (χ2n) is 12.4. The molecule has 0 N–H and O–H groups in total. The van der Waals surface area contributed by atoms with Crippen LogP contribution in [0, 0.1) is 53.3 Å². The molecule has 0 saturated heterocycles. The average molecular weight is 417 g/mol. The zero-order valence-electron chi connectivity index (χ0n) is 20.7. The molecule has 4 aliphatic carbocycles. The number of hydrogen-bond donors (Lipinski definition) is 0. The lowest BCUT2D eigenvalue weighted by molar-refractivity contribution is -0.0486. The van der Waals surface area contributed by atoms with Gasteiger partial charge in [-0.05, 0) is 116 Å². The van der Waals surface area contributed by atoms with E-state index in [0.29, 0.717) is 16.7 Å². The molecule has 1 aromatic rings. The summed E-state index contributed by atoms with van der Waals surface area (Å²) < 4.78 is 0. The van der Waals surface area contributed by atoms with E-state index in [1.54, 1.807) is 0 Å². The first-order chi connectivity index (χ1) is 14.8. The van der Waals surface area contributed by atoms with Crippen LogP contribution >= 0.6 is 0 Å². The Balaban J connectivity index is 1.36. The largest absolute Gasteiger partial charge is 0.0845 e. The number of benzene rings is 1. The van der Waals surface area contributed by atoms with Crippen molar-refractivity contribution in [3.05, 3.63) is 53.1 Å². The second kappa shape index (κ2) is 7.93. The van der Waals surface area contributed by atoms with E-state index in [1.165, 1.54) is 62.5 Å². The van der Waals surface area contributed by atoms with Crippen LogP contribution in [0.3, 0.4) is 0 Å². The Kier molecular flexibility index (Phi) is 5.51. The molecular weight excluding hydrogens is 372 g/mol. The van der Waals surface area contributed by atoms with E-state index in [-0.39, 0.29) is 0 Å². The number of rotatable bonds is 3. The topological polar surface area (TPSA) is 0 Å². The minimum atomic E-state index is 0.519. The van der Waals surface area contributed by atoms with E-state index in [1.807, 2.05) is 5.57 Å². The molecule has 0 heterocycles. The first kappa shape index (κ1) is 21.5. The fourth-order valence-corrected chi connectivity index (χ4v) is 8.91. The second-order valence-corrected chi connectivity index (χ2v) is 12.4. The summed E-state index contributed by atoms with van der Waals surface area (Å²) in [7, 11) is 0. The summed E-state index contributed by atoms with van der Waals surface area (Å²) in [5.74, 6) is 5.27. The lowest BCUT2D eigenvalue weighted by Gasteiger charge is -2.58. The zero-order valence-corrected chi connectivity index (χ0v) is 20.7. The monoisotopic (exact) mass is 416 g/mol. The average Bonchev–Trinajstić information content (AvgIpc) is 3.11. The van der Waals surface area contributed by atoms with Crippen LogP contribution in [-0.4, -0.2) is 0 Å². The molecule has 0 heteroatoms. The highest BCUT2D eigenvalue weighted by molar-refractivity contribution is 5.53. The maximum atomic E-state index is 2.73. The van der Waals surface area contributed by atoms with Crippen molar-refractivity contribution in [2.75, 3.05) is 0 Å². The highest BCUT2D eigenvalue weighted by Crippen LogP contribution is 2.67. The minimum Gasteiger partial charge on any atom is -0.0845 e. The van der Waals surface area contributed by atoms with E-state index in [0.717, 1.165) is 29.6 Å². The first-order valence-electron chi connectivity index (χ1n) is 13.3. The van der Waals surface area contributed by atoms with E-state index < -0.39 is 0 Å². The van der Waals surface area contributed by atoms with Gasteiger partial charge in [0.25, 0.3) is 0 Å². The van der Waals surface area contributed by atoms with Gasteiger partial charge in [0, 0.05) is 0 Å². The van der Waals surface area contributed by atoms with E-state index >= 15 is 0 Å². The van der Waals surface area contributed by atoms with Crippen LogP contribution in [0.4, 0.5) is 0 Å². The van der Waals surface area contributed by atoms with Crippen LogP contribution in [0.15, 0.2) is 42.0 Å². The third-order valence-corrected chi connectivity index (χ3v) is 10.8. The molecule has 0 spiro atoms. The Hall–Kier alpha value is -1.30. The van der Waals surface area contributed by atoms with E-state index in [2.05, 4.69) is 77.1 Å². The Morgan fingerprint density at radius 1 is 1.00 bits per heavy atom. The van der Waals surface area contributed by atoms with Gasteiger partial charge in [-0.1, -0.05) is 75.8 Å². The smallest absolute Gasteiger partial charge is 0.00851 e. The minimum absolute atomic E-state index is 0.519. The van der Waals surface area contributed by atoms with Crippen molar-refractivity contribution < 1.29 is 0 Å². The molecule has 0 radical (unpaired) electrons. The van der Waals surface area contributed by atoms with Crippen molar-refractivity contribution in [2.45, 2.75) is 86.0 Å². The Morgan fingerprint density at radius 2 is 1.81 bits per heavy atom. The molecule has 0 aromatic heterocycles. The normalized spacial score (nSPS) is 43.1. The van der Waals surface area contributed by atoms with Gasteiger partial charge < -0.3 is 0 Å². The van der Waals surface area contributed by atoms with E-state index in [4.69, 9.17) is 0 Å². The van der Waals surface area contributed by atoms with Gasteiger partial charge >= 0.3 is 0 Å². The summed E-state index contributed by atoms with van der Waals surface area (Å²) in [6, 6.07) is 8.81. The van der Waals surface area contributed by atoms with Gasteiger partial charge in [0.1, 0.15) is 0 Å². The lowest BCUT2D eigenvalue weighted by atomic mass is 9.46. The molecule has 3 fully saturated rings. The summed E-state index contributed by atoms with van der Waals surface area (Å²) in [6.45, 7) is 12.5. The molecule has 4 aliphatic rings. The Morgan fingerprint density at radius 3 is 2.61 bits per heavy atom. The van der Waals surface area contributed by atoms with Crippen LogP contribution < -0.4 is 0 Å². The molecule has 0 amide bonds. The van der Waals surface area contributed by atoms with Crippen molar-refractivity contribution in [3.8, 4) is 0 Å². The van der Waals surface area contributed by atoms with Gasteiger partial charge in [-0.3, -0.25) is 0 Å². The number of fused-ring (bicyclic) bond motifs is 5. The summed E-state index contributed by atoms with van der Waals surface area (Å²) >= 11 is 0. The number of allylic oxidation sites excluding steroid dienone is 3. The third-order valence-electron chi connectivity index (χ3n) is 10.8. The van der Waals surface area contributed by atoms with E-state index in [9.17, 15) is 0 Å².